The van der Waals surface area contributed by atoms with E-state index < -0.39 is 9.84 Å². The molecule has 0 unspecified atom stereocenters. The maximum atomic E-state index is 11.6. The number of aromatic nitrogens is 2. The molecule has 1 aliphatic rings. The van der Waals surface area contributed by atoms with Gasteiger partial charge in [-0.2, -0.15) is 5.10 Å². The zero-order chi connectivity index (χ0) is 12.6. The number of hydrogen-bond acceptors (Lipinski definition) is 4. The molecule has 1 aromatic heterocycles. The van der Waals surface area contributed by atoms with E-state index in [9.17, 15) is 8.42 Å². The fraction of sp³-hybridized carbons (Fsp3) is 0.727. The highest BCUT2D eigenvalue weighted by Crippen LogP contribution is 2.24. The molecule has 2 heterocycles. The summed E-state index contributed by atoms with van der Waals surface area (Å²) in [7, 11) is -2.95. The van der Waals surface area contributed by atoms with E-state index in [2.05, 4.69) is 18.9 Å². The first-order chi connectivity index (χ1) is 7.93. The number of rotatable bonds is 3. The predicted molar refractivity (Wildman–Crippen MR) is 66.2 cm³/mol. The Hall–Kier alpha value is -0.880. The first kappa shape index (κ1) is 12.6. The molecule has 96 valence electrons. The van der Waals surface area contributed by atoms with Gasteiger partial charge in [0.1, 0.15) is 0 Å². The van der Waals surface area contributed by atoms with Gasteiger partial charge in [0.2, 0.25) is 0 Å². The van der Waals surface area contributed by atoms with Crippen molar-refractivity contribution in [2.75, 3.05) is 5.75 Å². The van der Waals surface area contributed by atoms with Crippen LogP contribution in [0.3, 0.4) is 0 Å². The second-order valence-corrected chi connectivity index (χ2v) is 7.18. The van der Waals surface area contributed by atoms with Gasteiger partial charge < -0.3 is 5.73 Å². The lowest BCUT2D eigenvalue weighted by molar-refractivity contribution is 0.466. The fourth-order valence-corrected chi connectivity index (χ4v) is 3.66. The Morgan fingerprint density at radius 2 is 2.18 bits per heavy atom. The van der Waals surface area contributed by atoms with Gasteiger partial charge in [-0.15, -0.1) is 0 Å². The molecule has 2 rings (SSSR count). The van der Waals surface area contributed by atoms with Crippen LogP contribution in [-0.2, 0) is 35.1 Å². The molecule has 0 saturated heterocycles. The highest BCUT2D eigenvalue weighted by Gasteiger charge is 2.28. The predicted octanol–water partition coefficient (Wildman–Crippen LogP) is 0.469. The largest absolute Gasteiger partial charge is 0.325 e. The third kappa shape index (κ3) is 2.52. The zero-order valence-corrected chi connectivity index (χ0v) is 11.1. The molecule has 0 atom stereocenters. The van der Waals surface area contributed by atoms with Crippen LogP contribution in [0.2, 0.25) is 0 Å². The Morgan fingerprint density at radius 1 is 1.47 bits per heavy atom. The van der Waals surface area contributed by atoms with E-state index in [1.165, 1.54) is 0 Å². The summed E-state index contributed by atoms with van der Waals surface area (Å²) in [4.78, 5) is 0. The standard InChI is InChI=1S/C11H19N3O2S/c1-8(2)6-14-11-3-4-17(15,16)7-9(11)10(5-12)13-14/h8H,3-7,12H2,1-2H3. The molecular weight excluding hydrogens is 238 g/mol. The van der Waals surface area contributed by atoms with E-state index in [1.54, 1.807) is 0 Å². The van der Waals surface area contributed by atoms with Gasteiger partial charge in [0.05, 0.1) is 17.2 Å². The lowest BCUT2D eigenvalue weighted by Crippen LogP contribution is -2.22. The van der Waals surface area contributed by atoms with Crippen LogP contribution in [0.4, 0.5) is 0 Å². The molecular formula is C11H19N3O2S. The Labute approximate surface area is 102 Å². The van der Waals surface area contributed by atoms with Crippen LogP contribution in [0.1, 0.15) is 30.8 Å². The lowest BCUT2D eigenvalue weighted by Gasteiger charge is -2.15. The first-order valence-corrected chi connectivity index (χ1v) is 7.73. The normalized spacial score (nSPS) is 18.4. The first-order valence-electron chi connectivity index (χ1n) is 5.91. The van der Waals surface area contributed by atoms with Crippen molar-refractivity contribution >= 4 is 9.84 Å². The molecule has 0 aromatic carbocycles. The third-order valence-corrected chi connectivity index (χ3v) is 4.55. The van der Waals surface area contributed by atoms with Crippen molar-refractivity contribution in [3.05, 3.63) is 17.0 Å². The van der Waals surface area contributed by atoms with Gasteiger partial charge in [0.15, 0.2) is 9.84 Å². The van der Waals surface area contributed by atoms with E-state index >= 15 is 0 Å². The zero-order valence-electron chi connectivity index (χ0n) is 10.3. The summed E-state index contributed by atoms with van der Waals surface area (Å²) in [5.74, 6) is 0.823. The molecule has 17 heavy (non-hydrogen) atoms. The van der Waals surface area contributed by atoms with Gasteiger partial charge in [-0.3, -0.25) is 4.68 Å². The van der Waals surface area contributed by atoms with E-state index in [4.69, 9.17) is 5.73 Å². The van der Waals surface area contributed by atoms with Crippen molar-refractivity contribution in [2.24, 2.45) is 11.7 Å². The molecule has 0 spiro atoms. The van der Waals surface area contributed by atoms with Crippen molar-refractivity contribution in [3.8, 4) is 0 Å². The fourth-order valence-electron chi connectivity index (χ4n) is 2.24. The quantitative estimate of drug-likeness (QED) is 0.853. The summed E-state index contributed by atoms with van der Waals surface area (Å²) in [5.41, 5.74) is 8.29. The maximum Gasteiger partial charge on any atom is 0.154 e. The van der Waals surface area contributed by atoms with E-state index in [1.807, 2.05) is 4.68 Å². The molecule has 0 saturated carbocycles. The third-order valence-electron chi connectivity index (χ3n) is 3.00. The van der Waals surface area contributed by atoms with Gasteiger partial charge in [0, 0.05) is 30.8 Å². The Balaban J connectivity index is 2.43. The van der Waals surface area contributed by atoms with Crippen LogP contribution >= 0.6 is 0 Å². The lowest BCUT2D eigenvalue weighted by atomic mass is 10.1. The van der Waals surface area contributed by atoms with Crippen molar-refractivity contribution < 1.29 is 8.42 Å². The van der Waals surface area contributed by atoms with E-state index in [0.717, 1.165) is 23.5 Å². The summed E-state index contributed by atoms with van der Waals surface area (Å²) < 4.78 is 25.2. The number of fused-ring (bicyclic) bond motifs is 1. The Kier molecular flexibility index (Phi) is 3.27. The van der Waals surface area contributed by atoms with Gasteiger partial charge in [0.25, 0.3) is 0 Å². The van der Waals surface area contributed by atoms with Crippen LogP contribution in [0.5, 0.6) is 0 Å². The van der Waals surface area contributed by atoms with Crippen LogP contribution in [-0.4, -0.2) is 24.0 Å². The van der Waals surface area contributed by atoms with Gasteiger partial charge in [-0.1, -0.05) is 13.8 Å². The van der Waals surface area contributed by atoms with Gasteiger partial charge in [-0.05, 0) is 5.92 Å². The van der Waals surface area contributed by atoms with E-state index in [-0.39, 0.29) is 11.5 Å². The molecule has 0 amide bonds. The van der Waals surface area contributed by atoms with Crippen LogP contribution in [0.15, 0.2) is 0 Å². The summed E-state index contributed by atoms with van der Waals surface area (Å²) in [6.07, 6.45) is 0.567. The minimum absolute atomic E-state index is 0.104. The van der Waals surface area contributed by atoms with Crippen LogP contribution in [0, 0.1) is 5.92 Å². The average molecular weight is 257 g/mol. The SMILES string of the molecule is CC(C)Cn1nc(CN)c2c1CCS(=O)(=O)C2. The molecule has 0 aliphatic carbocycles. The number of nitrogens with zero attached hydrogens (tertiary/aromatic N) is 2. The highest BCUT2D eigenvalue weighted by molar-refractivity contribution is 7.90. The van der Waals surface area contributed by atoms with E-state index in [0.29, 0.717) is 18.9 Å². The molecule has 5 nitrogen and oxygen atoms in total. The topological polar surface area (TPSA) is 78.0 Å². The highest BCUT2D eigenvalue weighted by atomic mass is 32.2. The smallest absolute Gasteiger partial charge is 0.154 e. The monoisotopic (exact) mass is 257 g/mol. The number of nitrogens with two attached hydrogens (primary N) is 1. The van der Waals surface area contributed by atoms with Crippen molar-refractivity contribution in [1.82, 2.24) is 9.78 Å². The average Bonchev–Trinajstić information content (AvgIpc) is 2.53. The summed E-state index contributed by atoms with van der Waals surface area (Å²) in [5, 5.41) is 4.44. The molecule has 0 bridgehead atoms. The van der Waals surface area contributed by atoms with Gasteiger partial charge in [-0.25, -0.2) is 8.42 Å². The molecule has 0 radical (unpaired) electrons. The summed E-state index contributed by atoms with van der Waals surface area (Å²) in [6.45, 7) is 5.37. The van der Waals surface area contributed by atoms with Crippen molar-refractivity contribution in [1.29, 1.82) is 0 Å². The minimum atomic E-state index is -2.95. The van der Waals surface area contributed by atoms with Crippen molar-refractivity contribution in [3.63, 3.8) is 0 Å². The molecule has 0 fully saturated rings. The van der Waals surface area contributed by atoms with Crippen molar-refractivity contribution in [2.45, 2.75) is 39.1 Å². The summed E-state index contributed by atoms with van der Waals surface area (Å²) >= 11 is 0. The number of sulfone groups is 1. The van der Waals surface area contributed by atoms with Crippen LogP contribution < -0.4 is 5.73 Å². The molecule has 6 heteroatoms. The number of hydrogen-bond donors (Lipinski definition) is 1. The second-order valence-electron chi connectivity index (χ2n) is 4.99. The molecule has 2 N–H and O–H groups in total. The van der Waals surface area contributed by atoms with Crippen LogP contribution in [0.25, 0.3) is 0 Å². The molecule has 1 aliphatic heterocycles. The molecule has 1 aromatic rings. The minimum Gasteiger partial charge on any atom is -0.325 e. The Bertz CT molecular complexity index is 517. The van der Waals surface area contributed by atoms with Gasteiger partial charge >= 0.3 is 0 Å². The summed E-state index contributed by atoms with van der Waals surface area (Å²) in [6, 6.07) is 0. The second kappa shape index (κ2) is 4.42. The maximum absolute atomic E-state index is 11.6. The Morgan fingerprint density at radius 3 is 2.76 bits per heavy atom.